The average molecular weight is 310 g/mol. The van der Waals surface area contributed by atoms with Crippen molar-refractivity contribution < 1.29 is 8.42 Å². The summed E-state index contributed by atoms with van der Waals surface area (Å²) in [4.78, 5) is 0.369. The Morgan fingerprint density at radius 2 is 2.10 bits per heavy atom. The van der Waals surface area contributed by atoms with Gasteiger partial charge < -0.3 is 10.3 Å². The summed E-state index contributed by atoms with van der Waals surface area (Å²) >= 11 is 4.98. The Labute approximate surface area is 124 Å². The van der Waals surface area contributed by atoms with Crippen molar-refractivity contribution in [2.45, 2.75) is 19.9 Å². The highest BCUT2D eigenvalue weighted by molar-refractivity contribution is 7.91. The molecule has 20 heavy (non-hydrogen) atoms. The van der Waals surface area contributed by atoms with Gasteiger partial charge in [-0.05, 0) is 23.9 Å². The first-order valence-corrected chi connectivity index (χ1v) is 8.75. The first kappa shape index (κ1) is 15.0. The second-order valence-electron chi connectivity index (χ2n) is 4.74. The molecule has 0 spiro atoms. The summed E-state index contributed by atoms with van der Waals surface area (Å²) in [5.74, 6) is 0.420. The SMILES string of the molecule is CCS(=O)(=O)CCCn1ccc2ccc(C(N)=S)cc21. The predicted molar refractivity (Wildman–Crippen MR) is 86.8 cm³/mol. The molecular weight excluding hydrogens is 292 g/mol. The van der Waals surface area contributed by atoms with Gasteiger partial charge >= 0.3 is 0 Å². The highest BCUT2D eigenvalue weighted by atomic mass is 32.2. The molecule has 6 heteroatoms. The molecule has 108 valence electrons. The molecule has 1 heterocycles. The van der Waals surface area contributed by atoms with Crippen LogP contribution in [0, 0.1) is 0 Å². The van der Waals surface area contributed by atoms with E-state index in [-0.39, 0.29) is 11.5 Å². The summed E-state index contributed by atoms with van der Waals surface area (Å²) in [5, 5.41) is 1.10. The lowest BCUT2D eigenvalue weighted by molar-refractivity contribution is 0.589. The van der Waals surface area contributed by atoms with Crippen molar-refractivity contribution in [3.05, 3.63) is 36.0 Å². The summed E-state index contributed by atoms with van der Waals surface area (Å²) < 4.78 is 25.0. The molecule has 0 saturated carbocycles. The summed E-state index contributed by atoms with van der Waals surface area (Å²) in [7, 11) is -2.90. The van der Waals surface area contributed by atoms with E-state index in [1.54, 1.807) is 6.92 Å². The van der Waals surface area contributed by atoms with Gasteiger partial charge in [-0.1, -0.05) is 31.3 Å². The fourth-order valence-electron chi connectivity index (χ4n) is 2.13. The molecule has 4 nitrogen and oxygen atoms in total. The monoisotopic (exact) mass is 310 g/mol. The summed E-state index contributed by atoms with van der Waals surface area (Å²) in [6, 6.07) is 7.83. The van der Waals surface area contributed by atoms with Gasteiger partial charge in [0.05, 0.1) is 5.75 Å². The molecular formula is C14H18N2O2S2. The molecule has 0 saturated heterocycles. The summed E-state index contributed by atoms with van der Waals surface area (Å²) in [5.41, 5.74) is 7.50. The van der Waals surface area contributed by atoms with Gasteiger partial charge in [0.25, 0.3) is 0 Å². The van der Waals surface area contributed by atoms with Crippen LogP contribution in [0.3, 0.4) is 0 Å². The Balaban J connectivity index is 2.18. The number of benzene rings is 1. The zero-order valence-electron chi connectivity index (χ0n) is 11.4. The average Bonchev–Trinajstić information content (AvgIpc) is 2.81. The second kappa shape index (κ2) is 5.93. The zero-order valence-corrected chi connectivity index (χ0v) is 13.0. The fourth-order valence-corrected chi connectivity index (χ4v) is 3.12. The maximum Gasteiger partial charge on any atom is 0.150 e. The maximum absolute atomic E-state index is 11.5. The van der Waals surface area contributed by atoms with E-state index in [0.717, 1.165) is 16.5 Å². The van der Waals surface area contributed by atoms with E-state index in [4.69, 9.17) is 18.0 Å². The Kier molecular flexibility index (Phi) is 4.45. The molecule has 2 rings (SSSR count). The first-order valence-electron chi connectivity index (χ1n) is 6.52. The first-order chi connectivity index (χ1) is 9.43. The third-order valence-electron chi connectivity index (χ3n) is 3.35. The number of thiocarbonyl (C=S) groups is 1. The highest BCUT2D eigenvalue weighted by Gasteiger charge is 2.08. The van der Waals surface area contributed by atoms with Crippen LogP contribution in [-0.4, -0.2) is 29.5 Å². The molecule has 0 unspecified atom stereocenters. The predicted octanol–water partition coefficient (Wildman–Crippen LogP) is 2.10. The van der Waals surface area contributed by atoms with E-state index >= 15 is 0 Å². The number of aryl methyl sites for hydroxylation is 1. The maximum atomic E-state index is 11.5. The van der Waals surface area contributed by atoms with Crippen molar-refractivity contribution in [1.29, 1.82) is 0 Å². The van der Waals surface area contributed by atoms with Crippen molar-refractivity contribution >= 4 is 37.9 Å². The molecule has 0 amide bonds. The van der Waals surface area contributed by atoms with Gasteiger partial charge in [-0.2, -0.15) is 0 Å². The van der Waals surface area contributed by atoms with Crippen LogP contribution in [0.2, 0.25) is 0 Å². The van der Waals surface area contributed by atoms with Crippen molar-refractivity contribution in [2.75, 3.05) is 11.5 Å². The van der Waals surface area contributed by atoms with Crippen molar-refractivity contribution in [3.63, 3.8) is 0 Å². The van der Waals surface area contributed by atoms with Gasteiger partial charge in [-0.15, -0.1) is 0 Å². The highest BCUT2D eigenvalue weighted by Crippen LogP contribution is 2.18. The van der Waals surface area contributed by atoms with Gasteiger partial charge in [-0.3, -0.25) is 0 Å². The molecule has 0 atom stereocenters. The number of nitrogens with zero attached hydrogens (tertiary/aromatic N) is 1. The quantitative estimate of drug-likeness (QED) is 0.830. The topological polar surface area (TPSA) is 65.1 Å². The van der Waals surface area contributed by atoms with Gasteiger partial charge in [0.15, 0.2) is 0 Å². The minimum Gasteiger partial charge on any atom is -0.389 e. The van der Waals surface area contributed by atoms with E-state index in [1.165, 1.54) is 0 Å². The number of nitrogens with two attached hydrogens (primary N) is 1. The Bertz CT molecular complexity index is 733. The van der Waals surface area contributed by atoms with E-state index in [2.05, 4.69) is 0 Å². The fraction of sp³-hybridized carbons (Fsp3) is 0.357. The van der Waals surface area contributed by atoms with Crippen LogP contribution in [0.25, 0.3) is 10.9 Å². The van der Waals surface area contributed by atoms with E-state index in [9.17, 15) is 8.42 Å². The third-order valence-corrected chi connectivity index (χ3v) is 5.38. The van der Waals surface area contributed by atoms with Crippen molar-refractivity contribution in [1.82, 2.24) is 4.57 Å². The van der Waals surface area contributed by atoms with Crippen molar-refractivity contribution in [2.24, 2.45) is 5.73 Å². The Hall–Kier alpha value is -1.40. The molecule has 0 aliphatic carbocycles. The number of aromatic nitrogens is 1. The van der Waals surface area contributed by atoms with Crippen LogP contribution in [-0.2, 0) is 16.4 Å². The van der Waals surface area contributed by atoms with Gasteiger partial charge in [0.2, 0.25) is 0 Å². The smallest absolute Gasteiger partial charge is 0.150 e. The van der Waals surface area contributed by atoms with Gasteiger partial charge in [-0.25, -0.2) is 8.42 Å². The Morgan fingerprint density at radius 3 is 2.75 bits per heavy atom. The lowest BCUT2D eigenvalue weighted by Gasteiger charge is -2.07. The number of hydrogen-bond acceptors (Lipinski definition) is 3. The van der Waals surface area contributed by atoms with Gasteiger partial charge in [0.1, 0.15) is 14.8 Å². The number of rotatable bonds is 6. The molecule has 1 aromatic carbocycles. The van der Waals surface area contributed by atoms with Crippen LogP contribution < -0.4 is 5.73 Å². The molecule has 0 radical (unpaired) electrons. The van der Waals surface area contributed by atoms with Crippen LogP contribution in [0.5, 0.6) is 0 Å². The molecule has 0 aliphatic heterocycles. The van der Waals surface area contributed by atoms with Crippen LogP contribution in [0.15, 0.2) is 30.5 Å². The van der Waals surface area contributed by atoms with Crippen LogP contribution in [0.4, 0.5) is 0 Å². The number of hydrogen-bond donors (Lipinski definition) is 1. The number of sulfone groups is 1. The summed E-state index contributed by atoms with van der Waals surface area (Å²) in [6.45, 7) is 2.35. The zero-order chi connectivity index (χ0) is 14.8. The molecule has 0 bridgehead atoms. The largest absolute Gasteiger partial charge is 0.389 e. The minimum absolute atomic E-state index is 0.199. The second-order valence-corrected chi connectivity index (χ2v) is 7.65. The van der Waals surface area contributed by atoms with Crippen molar-refractivity contribution in [3.8, 4) is 0 Å². The Morgan fingerprint density at radius 1 is 1.35 bits per heavy atom. The molecule has 1 aromatic heterocycles. The number of fused-ring (bicyclic) bond motifs is 1. The summed E-state index contributed by atoms with van der Waals surface area (Å²) in [6.07, 6.45) is 2.57. The molecule has 0 fully saturated rings. The van der Waals surface area contributed by atoms with Gasteiger partial charge in [0, 0.05) is 29.6 Å². The normalized spacial score (nSPS) is 11.8. The lowest BCUT2D eigenvalue weighted by Crippen LogP contribution is -2.11. The standard InChI is InChI=1S/C14H18N2O2S2/c1-2-20(17,18)9-3-7-16-8-6-11-4-5-12(14(15)19)10-13(11)16/h4-6,8,10H,2-3,7,9H2,1H3,(H2,15,19). The van der Waals surface area contributed by atoms with Crippen LogP contribution >= 0.6 is 12.2 Å². The van der Waals surface area contributed by atoms with E-state index < -0.39 is 9.84 Å². The third kappa shape index (κ3) is 3.37. The molecule has 0 aliphatic rings. The van der Waals surface area contributed by atoms with E-state index in [1.807, 2.05) is 35.0 Å². The molecule has 2 N–H and O–H groups in total. The van der Waals surface area contributed by atoms with E-state index in [0.29, 0.717) is 18.0 Å². The van der Waals surface area contributed by atoms with Crippen LogP contribution in [0.1, 0.15) is 18.9 Å². The molecule has 2 aromatic rings. The minimum atomic E-state index is -2.90. The lowest BCUT2D eigenvalue weighted by atomic mass is 10.1.